The van der Waals surface area contributed by atoms with E-state index >= 15 is 0 Å². The molecule has 0 radical (unpaired) electrons. The van der Waals surface area contributed by atoms with Crippen molar-refractivity contribution in [2.24, 2.45) is 0 Å². The van der Waals surface area contributed by atoms with Gasteiger partial charge in [-0.15, -0.1) is 0 Å². The Morgan fingerprint density at radius 3 is 1.61 bits per heavy atom. The minimum atomic E-state index is 0.0734. The van der Waals surface area contributed by atoms with Gasteiger partial charge in [-0.3, -0.25) is 4.57 Å². The summed E-state index contributed by atoms with van der Waals surface area (Å²) in [7, 11) is 0. The molecule has 0 bridgehead atoms. The Kier molecular flexibility index (Phi) is 6.33. The fraction of sp³-hybridized carbons (Fsp3) is 0.174. The van der Waals surface area contributed by atoms with Crippen molar-refractivity contribution in [3.05, 3.63) is 145 Å². The van der Waals surface area contributed by atoms with Crippen molar-refractivity contribution in [2.75, 3.05) is 0 Å². The third-order valence-corrected chi connectivity index (χ3v) is 10.3. The molecule has 240 valence electrons. The lowest BCUT2D eigenvalue weighted by molar-refractivity contribution is 0.590. The topological polar surface area (TPSA) is 23.0 Å². The fourth-order valence-corrected chi connectivity index (χ4v) is 7.54. The molecule has 3 nitrogen and oxygen atoms in total. The molecule has 0 spiro atoms. The van der Waals surface area contributed by atoms with E-state index in [4.69, 9.17) is 4.42 Å². The number of hydrogen-bond acceptors (Lipinski definition) is 1. The SMILES string of the molecule is CC(C)(C)c1ccc2c(c1)c1cc(C(C)(C)C)ccc1n2-c1ccc(-c2ccc3oc4c(c3c2)c2ccccc2n4-c2ccccc2)cc1. The van der Waals surface area contributed by atoms with Crippen LogP contribution in [0.3, 0.4) is 0 Å². The second-order valence-corrected chi connectivity index (χ2v) is 15.5. The third-order valence-electron chi connectivity index (χ3n) is 10.3. The van der Waals surface area contributed by atoms with Crippen molar-refractivity contribution >= 4 is 54.8 Å². The van der Waals surface area contributed by atoms with Gasteiger partial charge in [-0.25, -0.2) is 0 Å². The molecule has 0 unspecified atom stereocenters. The first-order valence-electron chi connectivity index (χ1n) is 17.3. The van der Waals surface area contributed by atoms with E-state index in [2.05, 4.69) is 184 Å². The second-order valence-electron chi connectivity index (χ2n) is 15.5. The van der Waals surface area contributed by atoms with Crippen LogP contribution < -0.4 is 0 Å². The molecule has 3 heteroatoms. The van der Waals surface area contributed by atoms with E-state index in [1.807, 2.05) is 0 Å². The van der Waals surface area contributed by atoms with Crippen molar-refractivity contribution in [2.45, 2.75) is 52.4 Å². The maximum absolute atomic E-state index is 6.58. The highest BCUT2D eigenvalue weighted by Gasteiger charge is 2.22. The summed E-state index contributed by atoms with van der Waals surface area (Å²) in [5.41, 5.74) is 12.9. The molecule has 0 aliphatic rings. The summed E-state index contributed by atoms with van der Waals surface area (Å²) in [6.07, 6.45) is 0. The van der Waals surface area contributed by atoms with Gasteiger partial charge in [0.25, 0.3) is 0 Å². The summed E-state index contributed by atoms with van der Waals surface area (Å²) in [6.45, 7) is 13.7. The molecular weight excluding hydrogens is 597 g/mol. The average molecular weight is 637 g/mol. The van der Waals surface area contributed by atoms with Crippen molar-refractivity contribution in [3.63, 3.8) is 0 Å². The zero-order valence-corrected chi connectivity index (χ0v) is 29.0. The van der Waals surface area contributed by atoms with E-state index < -0.39 is 0 Å². The number of hydrogen-bond donors (Lipinski definition) is 0. The van der Waals surface area contributed by atoms with Crippen LogP contribution in [0.1, 0.15) is 52.7 Å². The average Bonchev–Trinajstić information content (AvgIpc) is 3.74. The molecule has 0 aliphatic heterocycles. The van der Waals surface area contributed by atoms with Gasteiger partial charge in [0, 0.05) is 32.9 Å². The minimum absolute atomic E-state index is 0.0734. The normalized spacial score (nSPS) is 12.7. The maximum atomic E-state index is 6.58. The van der Waals surface area contributed by atoms with Gasteiger partial charge in [0.05, 0.1) is 21.9 Å². The van der Waals surface area contributed by atoms with E-state index in [9.17, 15) is 0 Å². The van der Waals surface area contributed by atoms with E-state index in [0.29, 0.717) is 0 Å². The molecule has 0 saturated heterocycles. The van der Waals surface area contributed by atoms with E-state index in [-0.39, 0.29) is 10.8 Å². The number of furan rings is 1. The summed E-state index contributed by atoms with van der Waals surface area (Å²) in [4.78, 5) is 0. The van der Waals surface area contributed by atoms with E-state index in [0.717, 1.165) is 39.0 Å². The lowest BCUT2D eigenvalue weighted by Gasteiger charge is -2.19. The van der Waals surface area contributed by atoms with Gasteiger partial charge in [0.15, 0.2) is 0 Å². The number of aromatic nitrogens is 2. The number of rotatable bonds is 3. The van der Waals surface area contributed by atoms with Crippen molar-refractivity contribution in [1.82, 2.24) is 9.13 Å². The molecule has 0 fully saturated rings. The Hall–Kier alpha value is -5.54. The van der Waals surface area contributed by atoms with Crippen LogP contribution in [-0.4, -0.2) is 9.13 Å². The van der Waals surface area contributed by atoms with E-state index in [1.165, 1.54) is 49.4 Å². The molecule has 9 rings (SSSR count). The van der Waals surface area contributed by atoms with Crippen molar-refractivity contribution < 1.29 is 4.42 Å². The molecule has 3 aromatic heterocycles. The molecule has 0 atom stereocenters. The minimum Gasteiger partial charge on any atom is -0.439 e. The lowest BCUT2D eigenvalue weighted by Crippen LogP contribution is -2.10. The predicted molar refractivity (Wildman–Crippen MR) is 208 cm³/mol. The zero-order chi connectivity index (χ0) is 33.7. The van der Waals surface area contributed by atoms with Gasteiger partial charge in [0.2, 0.25) is 5.71 Å². The number of benzene rings is 6. The molecule has 9 aromatic rings. The van der Waals surface area contributed by atoms with Gasteiger partial charge < -0.3 is 8.98 Å². The Morgan fingerprint density at radius 1 is 0.429 bits per heavy atom. The van der Waals surface area contributed by atoms with Gasteiger partial charge >= 0.3 is 0 Å². The molecule has 6 aromatic carbocycles. The Morgan fingerprint density at radius 2 is 0.980 bits per heavy atom. The fourth-order valence-electron chi connectivity index (χ4n) is 7.54. The summed E-state index contributed by atoms with van der Waals surface area (Å²) in [5.74, 6) is 0. The van der Waals surface area contributed by atoms with Crippen LogP contribution in [0.2, 0.25) is 0 Å². The second kappa shape index (κ2) is 10.5. The van der Waals surface area contributed by atoms with Crippen LogP contribution in [0.25, 0.3) is 77.3 Å². The smallest absolute Gasteiger partial charge is 0.213 e. The summed E-state index contributed by atoms with van der Waals surface area (Å²) in [5, 5.41) is 6.10. The van der Waals surface area contributed by atoms with Crippen LogP contribution in [0.15, 0.2) is 138 Å². The van der Waals surface area contributed by atoms with Gasteiger partial charge in [0.1, 0.15) is 5.58 Å². The first-order chi connectivity index (χ1) is 23.6. The van der Waals surface area contributed by atoms with Gasteiger partial charge in [-0.1, -0.05) is 108 Å². The number of nitrogens with zero attached hydrogens (tertiary/aromatic N) is 2. The van der Waals surface area contributed by atoms with Crippen LogP contribution in [-0.2, 0) is 10.8 Å². The van der Waals surface area contributed by atoms with Crippen molar-refractivity contribution in [1.29, 1.82) is 0 Å². The highest BCUT2D eigenvalue weighted by atomic mass is 16.3. The van der Waals surface area contributed by atoms with Crippen molar-refractivity contribution in [3.8, 4) is 22.5 Å². The molecule has 0 aliphatic carbocycles. The lowest BCUT2D eigenvalue weighted by atomic mass is 9.85. The van der Waals surface area contributed by atoms with Gasteiger partial charge in [-0.2, -0.15) is 0 Å². The van der Waals surface area contributed by atoms with E-state index in [1.54, 1.807) is 0 Å². The largest absolute Gasteiger partial charge is 0.439 e. The Bertz CT molecular complexity index is 2630. The van der Waals surface area contributed by atoms with Crippen LogP contribution in [0, 0.1) is 0 Å². The standard InChI is InChI=1S/C46H40N2O/c1-45(2,3)31-19-23-40-36(27-31)37-28-32(46(4,5)6)20-24-41(37)47(40)34-21-16-29(17-22-34)30-18-25-42-38(26-30)43-35-14-10-11-15-39(35)48(44(43)49-42)33-12-8-7-9-13-33/h7-28H,1-6H3. The van der Waals surface area contributed by atoms with Crippen LogP contribution >= 0.6 is 0 Å². The monoisotopic (exact) mass is 636 g/mol. The van der Waals surface area contributed by atoms with Gasteiger partial charge in [-0.05, 0) is 99.8 Å². The highest BCUT2D eigenvalue weighted by Crippen LogP contribution is 2.41. The summed E-state index contributed by atoms with van der Waals surface area (Å²) < 4.78 is 11.2. The molecule has 0 N–H and O–H groups in total. The summed E-state index contributed by atoms with van der Waals surface area (Å²) in [6, 6.07) is 48.7. The highest BCUT2D eigenvalue weighted by molar-refractivity contribution is 6.20. The van der Waals surface area contributed by atoms with Crippen LogP contribution in [0.4, 0.5) is 0 Å². The number of fused-ring (bicyclic) bond motifs is 8. The first kappa shape index (κ1) is 29.6. The molecule has 3 heterocycles. The Labute approximate surface area is 287 Å². The maximum Gasteiger partial charge on any atom is 0.213 e. The van der Waals surface area contributed by atoms with Crippen LogP contribution in [0.5, 0.6) is 0 Å². The Balaban J connectivity index is 1.18. The zero-order valence-electron chi connectivity index (χ0n) is 29.0. The third kappa shape index (κ3) is 4.63. The number of para-hydroxylation sites is 2. The quantitative estimate of drug-likeness (QED) is 0.189. The molecule has 0 saturated carbocycles. The predicted octanol–water partition coefficient (Wildman–Crippen LogP) is 12.9. The first-order valence-corrected chi connectivity index (χ1v) is 17.3. The molecule has 49 heavy (non-hydrogen) atoms. The molecular formula is C46H40N2O. The summed E-state index contributed by atoms with van der Waals surface area (Å²) >= 11 is 0. The molecule has 0 amide bonds.